The molecule has 1 saturated carbocycles. The van der Waals surface area contributed by atoms with Gasteiger partial charge in [-0.15, -0.1) is 0 Å². The molecule has 0 bridgehead atoms. The average molecular weight is 189 g/mol. The number of nitrogens with zero attached hydrogens (tertiary/aromatic N) is 2. The number of hydrogen-bond donors (Lipinski definition) is 1. The van der Waals surface area contributed by atoms with Gasteiger partial charge >= 0.3 is 0 Å². The molecule has 2 aromatic heterocycles. The fraction of sp³-hybridized carbons (Fsp3) is 0.400. The number of rotatable bonds is 2. The molecule has 1 aliphatic rings. The van der Waals surface area contributed by atoms with Gasteiger partial charge in [0.2, 0.25) is 5.88 Å². The number of ether oxygens (including phenoxy) is 1. The van der Waals surface area contributed by atoms with Crippen LogP contribution in [0.1, 0.15) is 19.3 Å². The largest absolute Gasteiger partial charge is 0.474 e. The maximum atomic E-state index is 5.67. The molecule has 0 atom stereocenters. The van der Waals surface area contributed by atoms with Gasteiger partial charge in [-0.3, -0.25) is 5.10 Å². The summed E-state index contributed by atoms with van der Waals surface area (Å²) >= 11 is 0. The standard InChI is InChI=1S/C10H11N3O/c1-2-8(3-1)14-9-5-4-7-6-11-13-10(7)12-9/h4-6,8H,1-3H2,(H,11,12,13). The maximum Gasteiger partial charge on any atom is 0.215 e. The molecule has 0 saturated heterocycles. The number of aromatic amines is 1. The number of H-pyrrole nitrogens is 1. The van der Waals surface area contributed by atoms with Crippen LogP contribution in [0.2, 0.25) is 0 Å². The van der Waals surface area contributed by atoms with E-state index in [2.05, 4.69) is 15.2 Å². The lowest BCUT2D eigenvalue weighted by molar-refractivity contribution is 0.115. The quantitative estimate of drug-likeness (QED) is 0.784. The highest BCUT2D eigenvalue weighted by molar-refractivity contribution is 5.74. The number of pyridine rings is 1. The average Bonchev–Trinajstić information content (AvgIpc) is 2.58. The van der Waals surface area contributed by atoms with Crippen molar-refractivity contribution in [2.75, 3.05) is 0 Å². The molecule has 0 unspecified atom stereocenters. The van der Waals surface area contributed by atoms with Crippen LogP contribution in [0.5, 0.6) is 5.88 Å². The van der Waals surface area contributed by atoms with Crippen molar-refractivity contribution in [2.45, 2.75) is 25.4 Å². The normalized spacial score (nSPS) is 16.9. The Morgan fingerprint density at radius 3 is 3.07 bits per heavy atom. The number of fused-ring (bicyclic) bond motifs is 1. The van der Waals surface area contributed by atoms with Gasteiger partial charge in [-0.05, 0) is 25.3 Å². The summed E-state index contributed by atoms with van der Waals surface area (Å²) in [5, 5.41) is 7.76. The van der Waals surface area contributed by atoms with Crippen molar-refractivity contribution in [3.8, 4) is 5.88 Å². The van der Waals surface area contributed by atoms with E-state index in [9.17, 15) is 0 Å². The second-order valence-electron chi connectivity index (χ2n) is 3.63. The Bertz CT molecular complexity index is 447. The summed E-state index contributed by atoms with van der Waals surface area (Å²) in [7, 11) is 0. The van der Waals surface area contributed by atoms with Gasteiger partial charge in [-0.25, -0.2) is 0 Å². The summed E-state index contributed by atoms with van der Waals surface area (Å²) in [6.07, 6.45) is 5.72. The fourth-order valence-corrected chi connectivity index (χ4v) is 1.53. The van der Waals surface area contributed by atoms with Crippen LogP contribution in [0.3, 0.4) is 0 Å². The summed E-state index contributed by atoms with van der Waals surface area (Å²) in [6, 6.07) is 3.87. The van der Waals surface area contributed by atoms with Crippen LogP contribution in [0.15, 0.2) is 18.3 Å². The van der Waals surface area contributed by atoms with Crippen molar-refractivity contribution in [1.82, 2.24) is 15.2 Å². The molecule has 3 rings (SSSR count). The molecule has 4 heteroatoms. The van der Waals surface area contributed by atoms with E-state index in [4.69, 9.17) is 4.74 Å². The van der Waals surface area contributed by atoms with Gasteiger partial charge in [0.1, 0.15) is 6.10 Å². The molecule has 0 aliphatic heterocycles. The molecule has 1 fully saturated rings. The van der Waals surface area contributed by atoms with E-state index in [1.165, 1.54) is 6.42 Å². The zero-order valence-electron chi connectivity index (χ0n) is 7.73. The van der Waals surface area contributed by atoms with Crippen LogP contribution in [0, 0.1) is 0 Å². The Labute approximate surface area is 81.3 Å². The second-order valence-corrected chi connectivity index (χ2v) is 3.63. The van der Waals surface area contributed by atoms with Crippen molar-refractivity contribution in [3.63, 3.8) is 0 Å². The number of nitrogens with one attached hydrogen (secondary N) is 1. The minimum absolute atomic E-state index is 0.378. The smallest absolute Gasteiger partial charge is 0.215 e. The summed E-state index contributed by atoms with van der Waals surface area (Å²) in [5.41, 5.74) is 0.793. The third-order valence-electron chi connectivity index (χ3n) is 2.61. The zero-order valence-corrected chi connectivity index (χ0v) is 7.73. The first-order chi connectivity index (χ1) is 6.92. The highest BCUT2D eigenvalue weighted by Gasteiger charge is 2.19. The first kappa shape index (κ1) is 7.79. The van der Waals surface area contributed by atoms with Crippen LogP contribution < -0.4 is 4.74 Å². The third-order valence-corrected chi connectivity index (χ3v) is 2.61. The molecule has 0 aromatic carbocycles. The summed E-state index contributed by atoms with van der Waals surface area (Å²) in [5.74, 6) is 0.700. The predicted molar refractivity (Wildman–Crippen MR) is 52.2 cm³/mol. The third kappa shape index (κ3) is 1.23. The van der Waals surface area contributed by atoms with Crippen LogP contribution in [0.25, 0.3) is 11.0 Å². The van der Waals surface area contributed by atoms with Gasteiger partial charge in [-0.2, -0.15) is 10.1 Å². The van der Waals surface area contributed by atoms with Crippen LogP contribution in [-0.4, -0.2) is 21.3 Å². The molecule has 14 heavy (non-hydrogen) atoms. The van der Waals surface area contributed by atoms with Gasteiger partial charge < -0.3 is 4.74 Å². The van der Waals surface area contributed by atoms with E-state index in [-0.39, 0.29) is 0 Å². The van der Waals surface area contributed by atoms with E-state index in [1.54, 1.807) is 6.20 Å². The summed E-state index contributed by atoms with van der Waals surface area (Å²) in [6.45, 7) is 0. The van der Waals surface area contributed by atoms with E-state index in [1.807, 2.05) is 12.1 Å². The first-order valence-corrected chi connectivity index (χ1v) is 4.88. The minimum Gasteiger partial charge on any atom is -0.474 e. The second kappa shape index (κ2) is 2.97. The molecular formula is C10H11N3O. The van der Waals surface area contributed by atoms with Crippen LogP contribution in [-0.2, 0) is 0 Å². The molecule has 72 valence electrons. The number of aromatic nitrogens is 3. The van der Waals surface area contributed by atoms with Crippen molar-refractivity contribution < 1.29 is 4.74 Å². The SMILES string of the molecule is c1cc2cn[nH]c2nc1OC1CCC1. The lowest BCUT2D eigenvalue weighted by Gasteiger charge is -2.25. The van der Waals surface area contributed by atoms with Crippen molar-refractivity contribution in [1.29, 1.82) is 0 Å². The molecule has 0 amide bonds. The van der Waals surface area contributed by atoms with Crippen molar-refractivity contribution in [3.05, 3.63) is 18.3 Å². The Morgan fingerprint density at radius 2 is 2.29 bits per heavy atom. The van der Waals surface area contributed by atoms with Gasteiger partial charge in [-0.1, -0.05) is 0 Å². The lowest BCUT2D eigenvalue weighted by Crippen LogP contribution is -2.24. The van der Waals surface area contributed by atoms with Crippen LogP contribution >= 0.6 is 0 Å². The monoisotopic (exact) mass is 189 g/mol. The Balaban J connectivity index is 1.88. The molecule has 1 aliphatic carbocycles. The topological polar surface area (TPSA) is 50.8 Å². The van der Waals surface area contributed by atoms with E-state index >= 15 is 0 Å². The highest BCUT2D eigenvalue weighted by Crippen LogP contribution is 2.24. The molecule has 0 radical (unpaired) electrons. The molecule has 4 nitrogen and oxygen atoms in total. The fourth-order valence-electron chi connectivity index (χ4n) is 1.53. The molecule has 2 heterocycles. The first-order valence-electron chi connectivity index (χ1n) is 4.88. The Morgan fingerprint density at radius 1 is 1.36 bits per heavy atom. The Hall–Kier alpha value is -1.58. The molecule has 0 spiro atoms. The summed E-state index contributed by atoms with van der Waals surface area (Å²) < 4.78 is 5.67. The van der Waals surface area contributed by atoms with Gasteiger partial charge in [0.05, 0.1) is 6.20 Å². The van der Waals surface area contributed by atoms with Gasteiger partial charge in [0, 0.05) is 11.5 Å². The maximum absolute atomic E-state index is 5.67. The van der Waals surface area contributed by atoms with E-state index in [0.717, 1.165) is 23.9 Å². The van der Waals surface area contributed by atoms with Crippen molar-refractivity contribution >= 4 is 11.0 Å². The minimum atomic E-state index is 0.378. The lowest BCUT2D eigenvalue weighted by atomic mass is 9.96. The molecule has 2 aromatic rings. The highest BCUT2D eigenvalue weighted by atomic mass is 16.5. The van der Waals surface area contributed by atoms with Gasteiger partial charge in [0.15, 0.2) is 5.65 Å². The molecule has 1 N–H and O–H groups in total. The summed E-state index contributed by atoms with van der Waals surface area (Å²) in [4.78, 5) is 4.32. The number of hydrogen-bond acceptors (Lipinski definition) is 3. The Kier molecular flexibility index (Phi) is 1.65. The van der Waals surface area contributed by atoms with E-state index in [0.29, 0.717) is 12.0 Å². The molecular weight excluding hydrogens is 178 g/mol. The zero-order chi connectivity index (χ0) is 9.38. The van der Waals surface area contributed by atoms with Crippen LogP contribution in [0.4, 0.5) is 0 Å². The predicted octanol–water partition coefficient (Wildman–Crippen LogP) is 1.89. The van der Waals surface area contributed by atoms with E-state index < -0.39 is 0 Å². The van der Waals surface area contributed by atoms with Crippen molar-refractivity contribution in [2.24, 2.45) is 0 Å². The van der Waals surface area contributed by atoms with Gasteiger partial charge in [0.25, 0.3) is 0 Å².